The number of carboxylic acid groups (broad SMARTS) is 1. The topological polar surface area (TPSA) is 82.6 Å². The number of carbonyl (C=O) groups excluding carboxylic acids is 1. The molecule has 0 saturated heterocycles. The van der Waals surface area contributed by atoms with Gasteiger partial charge in [0.2, 0.25) is 0 Å². The van der Waals surface area contributed by atoms with Gasteiger partial charge in [0.05, 0.1) is 5.02 Å². The van der Waals surface area contributed by atoms with Crippen LogP contribution in [0.15, 0.2) is 72.9 Å². The summed E-state index contributed by atoms with van der Waals surface area (Å²) in [7, 11) is 0. The van der Waals surface area contributed by atoms with E-state index in [0.29, 0.717) is 19.5 Å². The lowest BCUT2D eigenvalue weighted by Crippen LogP contribution is -2.36. The van der Waals surface area contributed by atoms with Gasteiger partial charge in [0.1, 0.15) is 5.56 Å². The second kappa shape index (κ2) is 10.4. The average Bonchev–Trinajstić information content (AvgIpc) is 3.24. The third-order valence-corrected chi connectivity index (χ3v) is 6.14. The molecule has 1 aromatic heterocycles. The summed E-state index contributed by atoms with van der Waals surface area (Å²) in [5.41, 5.74) is 4.23. The van der Waals surface area contributed by atoms with E-state index >= 15 is 0 Å². The van der Waals surface area contributed by atoms with E-state index in [1.54, 1.807) is 4.90 Å². The summed E-state index contributed by atoms with van der Waals surface area (Å²) in [4.78, 5) is 29.8. The van der Waals surface area contributed by atoms with Crippen LogP contribution in [0.25, 0.3) is 10.9 Å². The summed E-state index contributed by atoms with van der Waals surface area (Å²) in [6, 6.07) is 20.4. The second-order valence-corrected chi connectivity index (χ2v) is 8.47. The number of ether oxygens (including phenoxy) is 1. The number of nitrogens with zero attached hydrogens (tertiary/aromatic N) is 1. The molecule has 0 unspecified atom stereocenters. The maximum atomic E-state index is 13.3. The van der Waals surface area contributed by atoms with Gasteiger partial charge in [-0.15, -0.1) is 0 Å². The SMILES string of the molecule is Cc1ccccc1CN(CCc1c[nH]c2ccccc12)C(=O)COc1c(Cl)cccc1C(=O)O. The van der Waals surface area contributed by atoms with Crippen LogP contribution in [0.3, 0.4) is 0 Å². The highest BCUT2D eigenvalue weighted by molar-refractivity contribution is 6.32. The molecule has 174 valence electrons. The van der Waals surface area contributed by atoms with Crippen LogP contribution in [-0.4, -0.2) is 40.0 Å². The molecule has 4 aromatic rings. The number of benzene rings is 3. The minimum atomic E-state index is -1.17. The van der Waals surface area contributed by atoms with Gasteiger partial charge in [0.15, 0.2) is 12.4 Å². The first kappa shape index (κ1) is 23.4. The third-order valence-electron chi connectivity index (χ3n) is 5.84. The van der Waals surface area contributed by atoms with Crippen molar-refractivity contribution in [1.82, 2.24) is 9.88 Å². The van der Waals surface area contributed by atoms with Crippen molar-refractivity contribution >= 4 is 34.4 Å². The number of hydrogen-bond donors (Lipinski definition) is 2. The Labute approximate surface area is 202 Å². The first-order valence-electron chi connectivity index (χ1n) is 11.0. The number of rotatable bonds is 9. The van der Waals surface area contributed by atoms with Crippen molar-refractivity contribution in [2.24, 2.45) is 0 Å². The van der Waals surface area contributed by atoms with Crippen molar-refractivity contribution in [3.63, 3.8) is 0 Å². The number of H-pyrrole nitrogens is 1. The average molecular weight is 477 g/mol. The molecule has 0 bridgehead atoms. The fourth-order valence-corrected chi connectivity index (χ4v) is 4.16. The molecule has 0 saturated carbocycles. The van der Waals surface area contributed by atoms with Crippen molar-refractivity contribution in [2.75, 3.05) is 13.2 Å². The molecule has 0 fully saturated rings. The van der Waals surface area contributed by atoms with Crippen LogP contribution in [0.1, 0.15) is 27.0 Å². The molecule has 4 rings (SSSR count). The Bertz CT molecular complexity index is 1330. The molecule has 3 aromatic carbocycles. The highest BCUT2D eigenvalue weighted by Crippen LogP contribution is 2.29. The summed E-state index contributed by atoms with van der Waals surface area (Å²) in [6.45, 7) is 2.60. The van der Waals surface area contributed by atoms with Gasteiger partial charge in [-0.3, -0.25) is 4.79 Å². The molecule has 0 aliphatic carbocycles. The van der Waals surface area contributed by atoms with E-state index < -0.39 is 5.97 Å². The van der Waals surface area contributed by atoms with E-state index in [9.17, 15) is 14.7 Å². The van der Waals surface area contributed by atoms with E-state index in [-0.39, 0.29) is 28.8 Å². The smallest absolute Gasteiger partial charge is 0.339 e. The molecule has 0 spiro atoms. The summed E-state index contributed by atoms with van der Waals surface area (Å²) in [5, 5.41) is 10.7. The van der Waals surface area contributed by atoms with E-state index in [2.05, 4.69) is 11.1 Å². The van der Waals surface area contributed by atoms with E-state index in [4.69, 9.17) is 16.3 Å². The zero-order chi connectivity index (χ0) is 24.1. The van der Waals surface area contributed by atoms with Crippen molar-refractivity contribution in [1.29, 1.82) is 0 Å². The Kier molecular flexibility index (Phi) is 7.18. The van der Waals surface area contributed by atoms with Crippen molar-refractivity contribution in [3.8, 4) is 5.75 Å². The second-order valence-electron chi connectivity index (χ2n) is 8.06. The first-order valence-corrected chi connectivity index (χ1v) is 11.3. The summed E-state index contributed by atoms with van der Waals surface area (Å²) >= 11 is 6.15. The van der Waals surface area contributed by atoms with Gasteiger partial charge in [-0.2, -0.15) is 0 Å². The number of aromatic amines is 1. The number of nitrogens with one attached hydrogen (secondary N) is 1. The number of amides is 1. The lowest BCUT2D eigenvalue weighted by Gasteiger charge is -2.24. The number of aromatic nitrogens is 1. The molecule has 7 heteroatoms. The van der Waals surface area contributed by atoms with Gasteiger partial charge in [0.25, 0.3) is 5.91 Å². The van der Waals surface area contributed by atoms with Crippen molar-refractivity contribution in [3.05, 3.63) is 100 Å². The minimum Gasteiger partial charge on any atom is -0.481 e. The Morgan fingerprint density at radius 3 is 2.56 bits per heavy atom. The maximum absolute atomic E-state index is 13.3. The molecule has 6 nitrogen and oxygen atoms in total. The van der Waals surface area contributed by atoms with Crippen LogP contribution in [0.5, 0.6) is 5.75 Å². The zero-order valence-corrected chi connectivity index (χ0v) is 19.5. The Hall–Kier alpha value is -3.77. The van der Waals surface area contributed by atoms with E-state index in [1.807, 2.05) is 55.6 Å². The highest BCUT2D eigenvalue weighted by Gasteiger charge is 2.20. The Morgan fingerprint density at radius 1 is 1.00 bits per heavy atom. The molecule has 34 heavy (non-hydrogen) atoms. The van der Waals surface area contributed by atoms with Crippen molar-refractivity contribution < 1.29 is 19.4 Å². The number of aromatic carboxylic acids is 1. The number of fused-ring (bicyclic) bond motifs is 1. The van der Waals surface area contributed by atoms with Crippen LogP contribution in [-0.2, 0) is 17.8 Å². The molecule has 0 aliphatic heterocycles. The monoisotopic (exact) mass is 476 g/mol. The predicted molar refractivity (Wildman–Crippen MR) is 133 cm³/mol. The largest absolute Gasteiger partial charge is 0.481 e. The van der Waals surface area contributed by atoms with E-state index in [1.165, 1.54) is 18.2 Å². The summed E-state index contributed by atoms with van der Waals surface area (Å²) < 4.78 is 5.64. The molecule has 2 N–H and O–H groups in total. The van der Waals surface area contributed by atoms with Gasteiger partial charge in [0, 0.05) is 30.2 Å². The fourth-order valence-electron chi connectivity index (χ4n) is 3.93. The number of halogens is 1. The maximum Gasteiger partial charge on any atom is 0.339 e. The van der Waals surface area contributed by atoms with Crippen LogP contribution in [0.2, 0.25) is 5.02 Å². The normalized spacial score (nSPS) is 10.9. The van der Waals surface area contributed by atoms with Gasteiger partial charge in [-0.25, -0.2) is 4.79 Å². The van der Waals surface area contributed by atoms with Crippen LogP contribution < -0.4 is 4.74 Å². The van der Waals surface area contributed by atoms with Gasteiger partial charge < -0.3 is 19.7 Å². The predicted octanol–water partition coefficient (Wildman–Crippen LogP) is 5.48. The number of carbonyl (C=O) groups is 2. The van der Waals surface area contributed by atoms with Crippen LogP contribution >= 0.6 is 11.6 Å². The minimum absolute atomic E-state index is 0.00233. The van der Waals surface area contributed by atoms with Gasteiger partial charge in [-0.1, -0.05) is 60.1 Å². The first-order chi connectivity index (χ1) is 16.4. The Balaban J connectivity index is 1.53. The Morgan fingerprint density at radius 2 is 1.76 bits per heavy atom. The van der Waals surface area contributed by atoms with Gasteiger partial charge >= 0.3 is 5.97 Å². The quantitative estimate of drug-likeness (QED) is 0.335. The molecule has 0 radical (unpaired) electrons. The molecule has 0 aliphatic rings. The number of para-hydroxylation sites is 2. The molecule has 0 atom stereocenters. The van der Waals surface area contributed by atoms with Crippen LogP contribution in [0, 0.1) is 6.92 Å². The third kappa shape index (κ3) is 5.24. The number of aryl methyl sites for hydroxylation is 1. The molecule has 1 amide bonds. The lowest BCUT2D eigenvalue weighted by molar-refractivity contribution is -0.134. The van der Waals surface area contributed by atoms with Crippen molar-refractivity contribution in [2.45, 2.75) is 19.9 Å². The highest BCUT2D eigenvalue weighted by atomic mass is 35.5. The number of carboxylic acids is 1. The zero-order valence-electron chi connectivity index (χ0n) is 18.8. The molecular weight excluding hydrogens is 452 g/mol. The van der Waals surface area contributed by atoms with Gasteiger partial charge in [-0.05, 0) is 48.2 Å². The van der Waals surface area contributed by atoms with E-state index in [0.717, 1.165) is 27.6 Å². The van der Waals surface area contributed by atoms with Crippen LogP contribution in [0.4, 0.5) is 0 Å². The standard InChI is InChI=1S/C27H25ClN2O4/c1-18-7-2-3-8-20(18)16-30(14-13-19-15-29-24-12-5-4-9-21(19)24)25(31)17-34-26-22(27(32)33)10-6-11-23(26)28/h2-12,15,29H,13-14,16-17H2,1H3,(H,32,33). The molecular formula is C27H25ClN2O4. The lowest BCUT2D eigenvalue weighted by atomic mass is 10.1. The number of hydrogen-bond acceptors (Lipinski definition) is 3. The summed E-state index contributed by atoms with van der Waals surface area (Å²) in [5.74, 6) is -1.42. The fraction of sp³-hybridized carbons (Fsp3) is 0.185. The summed E-state index contributed by atoms with van der Waals surface area (Å²) in [6.07, 6.45) is 2.63. The molecule has 1 heterocycles.